The van der Waals surface area contributed by atoms with Crippen molar-refractivity contribution >= 4 is 0 Å². The Morgan fingerprint density at radius 1 is 1.12 bits per heavy atom. The molecule has 4 rings (SSSR count). The van der Waals surface area contributed by atoms with Crippen LogP contribution < -0.4 is 0 Å². The Morgan fingerprint density at radius 3 is 2.69 bits per heavy atom. The van der Waals surface area contributed by atoms with Gasteiger partial charge in [0.05, 0.1) is 12.2 Å². The quantitative estimate of drug-likeness (QED) is 0.715. The van der Waals surface area contributed by atoms with E-state index in [9.17, 15) is 0 Å². The molecule has 0 unspecified atom stereocenters. The van der Waals surface area contributed by atoms with Crippen molar-refractivity contribution in [2.45, 2.75) is 33.2 Å². The monoisotopic (exact) mass is 349 g/mol. The lowest BCUT2D eigenvalue weighted by Gasteiger charge is -2.29. The Hall–Kier alpha value is -2.60. The van der Waals surface area contributed by atoms with Crippen LogP contribution in [-0.2, 0) is 6.54 Å². The highest BCUT2D eigenvalue weighted by molar-refractivity contribution is 5.64. The molecule has 6 heteroatoms. The highest BCUT2D eigenvalue weighted by Gasteiger charge is 2.19. The lowest BCUT2D eigenvalue weighted by molar-refractivity contribution is 0.157. The molecule has 1 atom stereocenters. The second kappa shape index (κ2) is 7.33. The number of aryl methyl sites for hydroxylation is 1. The summed E-state index contributed by atoms with van der Waals surface area (Å²) in [7, 11) is 0. The summed E-state index contributed by atoms with van der Waals surface area (Å²) in [6, 6.07) is 9.97. The van der Waals surface area contributed by atoms with Crippen molar-refractivity contribution in [3.8, 4) is 22.6 Å². The third-order valence-electron chi connectivity index (χ3n) is 4.78. The molecule has 1 aliphatic rings. The highest BCUT2D eigenvalue weighted by atomic mass is 16.5. The molecular weight excluding hydrogens is 326 g/mol. The van der Waals surface area contributed by atoms with Gasteiger partial charge in [0.15, 0.2) is 0 Å². The van der Waals surface area contributed by atoms with E-state index >= 15 is 0 Å². The van der Waals surface area contributed by atoms with Gasteiger partial charge in [-0.05, 0) is 38.3 Å². The van der Waals surface area contributed by atoms with E-state index in [4.69, 9.17) is 4.52 Å². The van der Waals surface area contributed by atoms with Crippen LogP contribution in [0.2, 0.25) is 0 Å². The first-order valence-electron chi connectivity index (χ1n) is 9.13. The first-order chi connectivity index (χ1) is 12.7. The number of hydrogen-bond donors (Lipinski definition) is 0. The van der Waals surface area contributed by atoms with Crippen LogP contribution >= 0.6 is 0 Å². The molecule has 0 amide bonds. The molecule has 6 nitrogen and oxygen atoms in total. The van der Waals surface area contributed by atoms with Crippen LogP contribution in [0.1, 0.15) is 31.5 Å². The van der Waals surface area contributed by atoms with Gasteiger partial charge in [0.1, 0.15) is 5.82 Å². The minimum Gasteiger partial charge on any atom is -0.338 e. The second-order valence-corrected chi connectivity index (χ2v) is 7.06. The summed E-state index contributed by atoms with van der Waals surface area (Å²) in [6.45, 7) is 7.13. The van der Waals surface area contributed by atoms with Crippen molar-refractivity contribution in [1.82, 2.24) is 25.0 Å². The number of aromatic nitrogens is 4. The number of likely N-dealkylation sites (tertiary alicyclic amines) is 1. The smallest absolute Gasteiger partial charge is 0.241 e. The second-order valence-electron chi connectivity index (χ2n) is 7.06. The normalized spacial score (nSPS) is 18.2. The summed E-state index contributed by atoms with van der Waals surface area (Å²) < 4.78 is 5.46. The molecule has 0 radical (unpaired) electrons. The van der Waals surface area contributed by atoms with Crippen LogP contribution in [-0.4, -0.2) is 38.1 Å². The highest BCUT2D eigenvalue weighted by Crippen LogP contribution is 2.23. The summed E-state index contributed by atoms with van der Waals surface area (Å²) in [6.07, 6.45) is 4.33. The molecule has 0 saturated carbocycles. The minimum absolute atomic E-state index is 0.635. The van der Waals surface area contributed by atoms with Gasteiger partial charge >= 0.3 is 0 Å². The zero-order valence-corrected chi connectivity index (χ0v) is 15.2. The summed E-state index contributed by atoms with van der Waals surface area (Å²) >= 11 is 0. The van der Waals surface area contributed by atoms with E-state index in [1.54, 1.807) is 6.20 Å². The van der Waals surface area contributed by atoms with Crippen molar-refractivity contribution in [2.24, 2.45) is 5.92 Å². The molecule has 134 valence electrons. The van der Waals surface area contributed by atoms with Gasteiger partial charge < -0.3 is 4.52 Å². The minimum atomic E-state index is 0.635. The van der Waals surface area contributed by atoms with Crippen LogP contribution in [0.3, 0.4) is 0 Å². The van der Waals surface area contributed by atoms with Gasteiger partial charge in [-0.3, -0.25) is 4.90 Å². The fourth-order valence-electron chi connectivity index (χ4n) is 3.46. The van der Waals surface area contributed by atoms with Crippen LogP contribution in [0.15, 0.2) is 41.1 Å². The predicted octanol–water partition coefficient (Wildman–Crippen LogP) is 3.73. The predicted molar refractivity (Wildman–Crippen MR) is 99.2 cm³/mol. The number of nitrogens with zero attached hydrogens (tertiary/aromatic N) is 5. The van der Waals surface area contributed by atoms with Gasteiger partial charge in [0, 0.05) is 23.9 Å². The van der Waals surface area contributed by atoms with Crippen LogP contribution in [0.4, 0.5) is 0 Å². The Balaban J connectivity index is 1.47. The van der Waals surface area contributed by atoms with Crippen molar-refractivity contribution in [1.29, 1.82) is 0 Å². The molecule has 3 heterocycles. The van der Waals surface area contributed by atoms with Gasteiger partial charge in [-0.15, -0.1) is 0 Å². The average molecular weight is 349 g/mol. The Bertz CT molecular complexity index is 874. The third kappa shape index (κ3) is 3.80. The lowest BCUT2D eigenvalue weighted by atomic mass is 10.0. The fraction of sp³-hybridized carbons (Fsp3) is 0.400. The molecule has 1 saturated heterocycles. The van der Waals surface area contributed by atoms with Gasteiger partial charge in [-0.25, -0.2) is 9.97 Å². The number of hydrogen-bond acceptors (Lipinski definition) is 6. The molecule has 2 aromatic heterocycles. The van der Waals surface area contributed by atoms with Gasteiger partial charge in [0.2, 0.25) is 11.7 Å². The first kappa shape index (κ1) is 16.8. The Morgan fingerprint density at radius 2 is 1.92 bits per heavy atom. The zero-order valence-electron chi connectivity index (χ0n) is 15.2. The maximum Gasteiger partial charge on any atom is 0.241 e. The van der Waals surface area contributed by atoms with Crippen LogP contribution in [0.5, 0.6) is 0 Å². The molecular formula is C20H23N5O. The fourth-order valence-corrected chi connectivity index (χ4v) is 3.46. The summed E-state index contributed by atoms with van der Waals surface area (Å²) in [5, 5.41) is 4.15. The van der Waals surface area contributed by atoms with Gasteiger partial charge in [-0.1, -0.05) is 36.3 Å². The third-order valence-corrected chi connectivity index (χ3v) is 4.78. The summed E-state index contributed by atoms with van der Waals surface area (Å²) in [4.78, 5) is 15.6. The standard InChI is InChI=1S/C20H23N5O/c1-14-4-3-11-25(12-14)13-19-23-20(24-26-19)17-7-5-16(6-8-17)18-9-10-21-15(2)22-18/h5-10,14H,3-4,11-13H2,1-2H3/t14-/m1/s1. The lowest BCUT2D eigenvalue weighted by Crippen LogP contribution is -2.33. The summed E-state index contributed by atoms with van der Waals surface area (Å²) in [5.41, 5.74) is 2.91. The average Bonchev–Trinajstić information content (AvgIpc) is 3.10. The molecule has 1 fully saturated rings. The SMILES string of the molecule is Cc1nccc(-c2ccc(-c3noc(CN4CCC[C@@H](C)C4)n3)cc2)n1. The molecule has 0 N–H and O–H groups in total. The first-order valence-corrected chi connectivity index (χ1v) is 9.13. The van der Waals surface area contributed by atoms with Gasteiger partial charge in [-0.2, -0.15) is 4.98 Å². The van der Waals surface area contributed by atoms with Crippen LogP contribution in [0.25, 0.3) is 22.6 Å². The zero-order chi connectivity index (χ0) is 17.9. The topological polar surface area (TPSA) is 67.9 Å². The Kier molecular flexibility index (Phi) is 4.75. The van der Waals surface area contributed by atoms with E-state index < -0.39 is 0 Å². The molecule has 0 bridgehead atoms. The largest absolute Gasteiger partial charge is 0.338 e. The van der Waals surface area contributed by atoms with E-state index in [1.165, 1.54) is 12.8 Å². The van der Waals surface area contributed by atoms with E-state index in [2.05, 4.69) is 31.9 Å². The summed E-state index contributed by atoms with van der Waals surface area (Å²) in [5.74, 6) is 2.82. The molecule has 1 aromatic carbocycles. The van der Waals surface area contributed by atoms with Crippen molar-refractivity contribution in [3.05, 3.63) is 48.2 Å². The number of benzene rings is 1. The maximum absolute atomic E-state index is 5.46. The van der Waals surface area contributed by atoms with Crippen molar-refractivity contribution < 1.29 is 4.52 Å². The van der Waals surface area contributed by atoms with Crippen molar-refractivity contribution in [2.75, 3.05) is 13.1 Å². The molecule has 26 heavy (non-hydrogen) atoms. The van der Waals surface area contributed by atoms with Crippen LogP contribution in [0, 0.1) is 12.8 Å². The maximum atomic E-state index is 5.46. The number of rotatable bonds is 4. The van der Waals surface area contributed by atoms with Gasteiger partial charge in [0.25, 0.3) is 0 Å². The Labute approximate surface area is 153 Å². The van der Waals surface area contributed by atoms with E-state index in [-0.39, 0.29) is 0 Å². The van der Waals surface area contributed by atoms with Crippen molar-refractivity contribution in [3.63, 3.8) is 0 Å². The van der Waals surface area contributed by atoms with E-state index in [0.29, 0.717) is 11.7 Å². The van der Waals surface area contributed by atoms with E-state index in [0.717, 1.165) is 48.2 Å². The number of piperidine rings is 1. The molecule has 0 aliphatic carbocycles. The molecule has 3 aromatic rings. The molecule has 0 spiro atoms. The van der Waals surface area contributed by atoms with E-state index in [1.807, 2.05) is 37.3 Å². The molecule has 1 aliphatic heterocycles.